The summed E-state index contributed by atoms with van der Waals surface area (Å²) >= 11 is 9.39. The first-order chi connectivity index (χ1) is 9.06. The molecule has 0 saturated heterocycles. The van der Waals surface area contributed by atoms with Gasteiger partial charge in [0.15, 0.2) is 5.82 Å². The molecule has 2 rings (SSSR count). The van der Waals surface area contributed by atoms with E-state index in [4.69, 9.17) is 11.6 Å². The number of hydrogen-bond acceptors (Lipinski definition) is 4. The zero-order valence-electron chi connectivity index (χ0n) is 10.5. The van der Waals surface area contributed by atoms with Gasteiger partial charge >= 0.3 is 0 Å². The number of nitrogens with one attached hydrogen (secondary N) is 1. The van der Waals surface area contributed by atoms with Gasteiger partial charge in [-0.25, -0.2) is 9.97 Å². The van der Waals surface area contributed by atoms with Gasteiger partial charge in [0.25, 0.3) is 0 Å². The fraction of sp³-hybridized carbons (Fsp3) is 0.231. The number of aromatic hydroxyl groups is 1. The van der Waals surface area contributed by atoms with Gasteiger partial charge in [-0.05, 0) is 40.5 Å². The molecule has 1 heterocycles. The van der Waals surface area contributed by atoms with E-state index in [1.54, 1.807) is 19.2 Å². The van der Waals surface area contributed by atoms with Crippen molar-refractivity contribution in [3.8, 4) is 17.1 Å². The minimum absolute atomic E-state index is 0.0482. The number of aryl methyl sites for hydroxylation is 1. The molecule has 0 fully saturated rings. The highest BCUT2D eigenvalue weighted by molar-refractivity contribution is 9.10. The van der Waals surface area contributed by atoms with Gasteiger partial charge in [0.05, 0.1) is 15.2 Å². The topological polar surface area (TPSA) is 58.0 Å². The lowest BCUT2D eigenvalue weighted by Crippen LogP contribution is -2.02. The van der Waals surface area contributed by atoms with Crippen molar-refractivity contribution in [2.75, 3.05) is 12.4 Å². The van der Waals surface area contributed by atoms with E-state index < -0.39 is 0 Å². The van der Waals surface area contributed by atoms with Gasteiger partial charge < -0.3 is 10.4 Å². The summed E-state index contributed by atoms with van der Waals surface area (Å²) in [5, 5.41) is 12.8. The Kier molecular flexibility index (Phi) is 4.27. The Morgan fingerprint density at radius 2 is 2.11 bits per heavy atom. The van der Waals surface area contributed by atoms with E-state index in [2.05, 4.69) is 31.2 Å². The molecule has 19 heavy (non-hydrogen) atoms. The molecular formula is C13H13BrClN3O. The Balaban J connectivity index is 2.58. The van der Waals surface area contributed by atoms with E-state index in [9.17, 15) is 5.11 Å². The SMILES string of the molecule is CCc1nc(-c2ccc(O)c(Cl)c2)nc(NC)c1Br. The van der Waals surface area contributed by atoms with E-state index >= 15 is 0 Å². The number of benzene rings is 1. The molecule has 2 aromatic rings. The lowest BCUT2D eigenvalue weighted by atomic mass is 10.2. The molecule has 6 heteroatoms. The number of rotatable bonds is 3. The Morgan fingerprint density at radius 3 is 2.68 bits per heavy atom. The third kappa shape index (κ3) is 2.82. The van der Waals surface area contributed by atoms with Crippen LogP contribution in [0.4, 0.5) is 5.82 Å². The number of anilines is 1. The summed E-state index contributed by atoms with van der Waals surface area (Å²) in [4.78, 5) is 8.93. The number of halogens is 2. The molecule has 1 aromatic carbocycles. The van der Waals surface area contributed by atoms with Crippen LogP contribution < -0.4 is 5.32 Å². The zero-order valence-corrected chi connectivity index (χ0v) is 12.9. The molecule has 0 radical (unpaired) electrons. The fourth-order valence-corrected chi connectivity index (χ4v) is 2.51. The maximum atomic E-state index is 9.44. The minimum atomic E-state index is 0.0482. The summed E-state index contributed by atoms with van der Waals surface area (Å²) in [5.41, 5.74) is 1.68. The van der Waals surface area contributed by atoms with Crippen molar-refractivity contribution in [1.82, 2.24) is 9.97 Å². The summed E-state index contributed by atoms with van der Waals surface area (Å²) in [5.74, 6) is 1.35. The maximum Gasteiger partial charge on any atom is 0.161 e. The van der Waals surface area contributed by atoms with Crippen LogP contribution in [0.2, 0.25) is 5.02 Å². The minimum Gasteiger partial charge on any atom is -0.506 e. The van der Waals surface area contributed by atoms with Gasteiger partial charge in [-0.15, -0.1) is 0 Å². The molecule has 4 nitrogen and oxygen atoms in total. The Labute approximate surface area is 125 Å². The second-order valence-electron chi connectivity index (χ2n) is 3.93. The van der Waals surface area contributed by atoms with Crippen LogP contribution in [-0.2, 0) is 6.42 Å². The number of phenolic OH excluding ortho intramolecular Hbond substituents is 1. The molecule has 1 aromatic heterocycles. The van der Waals surface area contributed by atoms with Gasteiger partial charge in [-0.1, -0.05) is 18.5 Å². The van der Waals surface area contributed by atoms with E-state index in [0.717, 1.165) is 28.0 Å². The monoisotopic (exact) mass is 341 g/mol. The molecule has 0 saturated carbocycles. The smallest absolute Gasteiger partial charge is 0.161 e. The van der Waals surface area contributed by atoms with Gasteiger partial charge in [-0.2, -0.15) is 0 Å². The lowest BCUT2D eigenvalue weighted by molar-refractivity contribution is 0.475. The largest absolute Gasteiger partial charge is 0.506 e. The Hall–Kier alpha value is -1.33. The summed E-state index contributed by atoms with van der Waals surface area (Å²) in [6, 6.07) is 4.93. The van der Waals surface area contributed by atoms with Crippen LogP contribution in [0.1, 0.15) is 12.6 Å². The number of hydrogen-bond donors (Lipinski definition) is 2. The van der Waals surface area contributed by atoms with Crippen molar-refractivity contribution in [3.63, 3.8) is 0 Å². The molecule has 0 atom stereocenters. The second-order valence-corrected chi connectivity index (χ2v) is 5.13. The van der Waals surface area contributed by atoms with Crippen LogP contribution in [-0.4, -0.2) is 22.1 Å². The number of nitrogens with zero attached hydrogens (tertiary/aromatic N) is 2. The van der Waals surface area contributed by atoms with Crippen molar-refractivity contribution in [3.05, 3.63) is 33.4 Å². The predicted octanol–water partition coefficient (Wildman–Crippen LogP) is 3.87. The van der Waals surface area contributed by atoms with E-state index in [-0.39, 0.29) is 10.8 Å². The highest BCUT2D eigenvalue weighted by atomic mass is 79.9. The van der Waals surface area contributed by atoms with Crippen LogP contribution >= 0.6 is 27.5 Å². The molecule has 0 aliphatic rings. The molecule has 0 aliphatic carbocycles. The molecule has 100 valence electrons. The van der Waals surface area contributed by atoms with Crippen molar-refractivity contribution in [2.24, 2.45) is 0 Å². The summed E-state index contributed by atoms with van der Waals surface area (Å²) in [7, 11) is 1.81. The van der Waals surface area contributed by atoms with Gasteiger partial charge in [0.2, 0.25) is 0 Å². The maximum absolute atomic E-state index is 9.44. The van der Waals surface area contributed by atoms with Crippen LogP contribution in [0.15, 0.2) is 22.7 Å². The second kappa shape index (κ2) is 5.75. The highest BCUT2D eigenvalue weighted by Crippen LogP contribution is 2.31. The van der Waals surface area contributed by atoms with Crippen LogP contribution in [0.5, 0.6) is 5.75 Å². The molecule has 0 spiro atoms. The quantitative estimate of drug-likeness (QED) is 0.889. The molecule has 2 N–H and O–H groups in total. The third-order valence-corrected chi connectivity index (χ3v) is 3.83. The first kappa shape index (κ1) is 14.1. The summed E-state index contributed by atoms with van der Waals surface area (Å²) in [6.07, 6.45) is 0.788. The Bertz CT molecular complexity index is 594. The first-order valence-electron chi connectivity index (χ1n) is 5.79. The normalized spacial score (nSPS) is 10.5. The van der Waals surface area contributed by atoms with Crippen molar-refractivity contribution >= 4 is 33.3 Å². The van der Waals surface area contributed by atoms with Crippen molar-refractivity contribution in [2.45, 2.75) is 13.3 Å². The average Bonchev–Trinajstić information content (AvgIpc) is 2.42. The van der Waals surface area contributed by atoms with Crippen molar-refractivity contribution < 1.29 is 5.11 Å². The average molecular weight is 343 g/mol. The molecule has 0 unspecified atom stereocenters. The zero-order chi connectivity index (χ0) is 14.0. The number of aromatic nitrogens is 2. The van der Waals surface area contributed by atoms with Gasteiger partial charge in [0.1, 0.15) is 11.6 Å². The summed E-state index contributed by atoms with van der Waals surface area (Å²) in [6.45, 7) is 2.03. The molecular weight excluding hydrogens is 330 g/mol. The number of phenols is 1. The summed E-state index contributed by atoms with van der Waals surface area (Å²) < 4.78 is 0.867. The van der Waals surface area contributed by atoms with Gasteiger partial charge in [-0.3, -0.25) is 0 Å². The van der Waals surface area contributed by atoms with Crippen LogP contribution in [0.25, 0.3) is 11.4 Å². The van der Waals surface area contributed by atoms with E-state index in [1.807, 2.05) is 6.92 Å². The first-order valence-corrected chi connectivity index (χ1v) is 6.97. The molecule has 0 amide bonds. The lowest BCUT2D eigenvalue weighted by Gasteiger charge is -2.10. The van der Waals surface area contributed by atoms with Crippen LogP contribution in [0, 0.1) is 0 Å². The Morgan fingerprint density at radius 1 is 1.37 bits per heavy atom. The predicted molar refractivity (Wildman–Crippen MR) is 80.8 cm³/mol. The van der Waals surface area contributed by atoms with Gasteiger partial charge in [0, 0.05) is 12.6 Å². The van der Waals surface area contributed by atoms with Crippen molar-refractivity contribution in [1.29, 1.82) is 0 Å². The third-order valence-electron chi connectivity index (χ3n) is 2.70. The van der Waals surface area contributed by atoms with E-state index in [0.29, 0.717) is 5.82 Å². The van der Waals surface area contributed by atoms with E-state index in [1.165, 1.54) is 6.07 Å². The highest BCUT2D eigenvalue weighted by Gasteiger charge is 2.12. The molecule has 0 bridgehead atoms. The fourth-order valence-electron chi connectivity index (χ4n) is 1.67. The molecule has 0 aliphatic heterocycles. The van der Waals surface area contributed by atoms with Crippen LogP contribution in [0.3, 0.4) is 0 Å². The standard InChI is InChI=1S/C13H13BrClN3O/c1-3-9-11(14)13(16-2)18-12(17-9)7-4-5-10(19)8(15)6-7/h4-6,19H,3H2,1-2H3,(H,16,17,18).